The summed E-state index contributed by atoms with van der Waals surface area (Å²) in [5.74, 6) is -0.548. The molecule has 19 heavy (non-hydrogen) atoms. The van der Waals surface area contributed by atoms with Crippen LogP contribution in [0.4, 0.5) is 8.78 Å². The molecule has 0 saturated heterocycles. The van der Waals surface area contributed by atoms with Crippen LogP contribution in [0, 0.1) is 11.3 Å². The van der Waals surface area contributed by atoms with Crippen molar-refractivity contribution < 1.29 is 13.6 Å². The molecule has 0 aliphatic heterocycles. The third-order valence-electron chi connectivity index (χ3n) is 2.43. The van der Waals surface area contributed by atoms with Crippen molar-refractivity contribution in [2.45, 2.75) is 19.8 Å². The number of hydrogen-bond donors (Lipinski definition) is 1. The van der Waals surface area contributed by atoms with E-state index >= 15 is 0 Å². The zero-order valence-electron chi connectivity index (χ0n) is 10.5. The molecule has 0 aliphatic rings. The lowest BCUT2D eigenvalue weighted by atomic mass is 10.0. The molecule has 0 aliphatic carbocycles. The van der Waals surface area contributed by atoms with Crippen molar-refractivity contribution in [3.8, 4) is 6.07 Å². The second kappa shape index (κ2) is 7.27. The highest BCUT2D eigenvalue weighted by Crippen LogP contribution is 2.24. The van der Waals surface area contributed by atoms with Crippen LogP contribution in [0.2, 0.25) is 0 Å². The molecule has 0 spiro atoms. The fourth-order valence-corrected chi connectivity index (χ4v) is 1.48. The van der Waals surface area contributed by atoms with Crippen molar-refractivity contribution in [3.63, 3.8) is 0 Å². The molecule has 5 heteroatoms. The summed E-state index contributed by atoms with van der Waals surface area (Å²) in [5.41, 5.74) is -0.194. The summed E-state index contributed by atoms with van der Waals surface area (Å²) in [6.45, 7) is 2.32. The highest BCUT2D eigenvalue weighted by molar-refractivity contribution is 6.01. The first-order valence-electron chi connectivity index (χ1n) is 5.87. The van der Waals surface area contributed by atoms with Gasteiger partial charge in [-0.15, -0.1) is 0 Å². The summed E-state index contributed by atoms with van der Waals surface area (Å²) in [7, 11) is 0. The van der Waals surface area contributed by atoms with Crippen molar-refractivity contribution >= 4 is 12.0 Å². The van der Waals surface area contributed by atoms with Crippen LogP contribution in [0.5, 0.6) is 0 Å². The van der Waals surface area contributed by atoms with Gasteiger partial charge < -0.3 is 5.32 Å². The predicted octanol–water partition coefficient (Wildman–Crippen LogP) is 3.06. The first-order chi connectivity index (χ1) is 9.10. The number of carbonyl (C=O) groups excluding carboxylic acids is 1. The molecule has 0 heterocycles. The lowest BCUT2D eigenvalue weighted by molar-refractivity contribution is -0.117. The number of benzene rings is 1. The smallest absolute Gasteiger partial charge is 0.264 e. The zero-order chi connectivity index (χ0) is 14.3. The fraction of sp³-hybridized carbons (Fsp3) is 0.286. The van der Waals surface area contributed by atoms with Gasteiger partial charge in [0.05, 0.1) is 0 Å². The van der Waals surface area contributed by atoms with Gasteiger partial charge in [-0.1, -0.05) is 31.2 Å². The van der Waals surface area contributed by atoms with Gasteiger partial charge in [0.15, 0.2) is 0 Å². The number of nitrogens with one attached hydrogen (secondary N) is 1. The number of hydrogen-bond acceptors (Lipinski definition) is 2. The van der Waals surface area contributed by atoms with Gasteiger partial charge in [0, 0.05) is 12.1 Å². The van der Waals surface area contributed by atoms with Crippen LogP contribution < -0.4 is 5.32 Å². The van der Waals surface area contributed by atoms with Crippen molar-refractivity contribution in [2.75, 3.05) is 6.54 Å². The SMILES string of the molecule is CCCNC(=O)/C(C#N)=C\c1ccccc1C(F)F. The number of amides is 1. The van der Waals surface area contributed by atoms with Gasteiger partial charge in [0.1, 0.15) is 11.6 Å². The Labute approximate surface area is 110 Å². The monoisotopic (exact) mass is 264 g/mol. The van der Waals surface area contributed by atoms with Crippen LogP contribution in [0.15, 0.2) is 29.8 Å². The average Bonchev–Trinajstić information content (AvgIpc) is 2.42. The van der Waals surface area contributed by atoms with E-state index in [0.29, 0.717) is 6.54 Å². The van der Waals surface area contributed by atoms with Crippen LogP contribution in [0.25, 0.3) is 6.08 Å². The first-order valence-corrected chi connectivity index (χ1v) is 5.87. The van der Waals surface area contributed by atoms with Gasteiger partial charge >= 0.3 is 0 Å². The second-order valence-corrected chi connectivity index (χ2v) is 3.86. The maximum Gasteiger partial charge on any atom is 0.264 e. The molecule has 1 aromatic rings. The number of rotatable bonds is 5. The largest absolute Gasteiger partial charge is 0.351 e. The van der Waals surface area contributed by atoms with Crippen molar-refractivity contribution in [3.05, 3.63) is 41.0 Å². The van der Waals surface area contributed by atoms with Crippen molar-refractivity contribution in [2.24, 2.45) is 0 Å². The third kappa shape index (κ3) is 4.18. The van der Waals surface area contributed by atoms with E-state index < -0.39 is 12.3 Å². The van der Waals surface area contributed by atoms with Crippen molar-refractivity contribution in [1.29, 1.82) is 5.26 Å². The van der Waals surface area contributed by atoms with Crippen LogP contribution in [0.1, 0.15) is 30.9 Å². The molecular formula is C14H14F2N2O. The van der Waals surface area contributed by atoms with Gasteiger partial charge in [-0.25, -0.2) is 8.78 Å². The third-order valence-corrected chi connectivity index (χ3v) is 2.43. The minimum absolute atomic E-state index is 0.179. The van der Waals surface area contributed by atoms with E-state index in [4.69, 9.17) is 5.26 Å². The van der Waals surface area contributed by atoms with Crippen LogP contribution in [-0.2, 0) is 4.79 Å². The van der Waals surface area contributed by atoms with Gasteiger partial charge in [-0.2, -0.15) is 5.26 Å². The molecular weight excluding hydrogens is 250 g/mol. The Bertz CT molecular complexity index is 518. The molecule has 0 radical (unpaired) electrons. The van der Waals surface area contributed by atoms with Crippen molar-refractivity contribution in [1.82, 2.24) is 5.32 Å². The van der Waals surface area contributed by atoms with E-state index in [1.165, 1.54) is 24.3 Å². The Morgan fingerprint density at radius 2 is 2.16 bits per heavy atom. The Morgan fingerprint density at radius 3 is 2.74 bits per heavy atom. The Morgan fingerprint density at radius 1 is 1.47 bits per heavy atom. The summed E-state index contributed by atoms with van der Waals surface area (Å²) in [6.07, 6.45) is -0.726. The molecule has 1 N–H and O–H groups in total. The molecule has 1 rings (SSSR count). The van der Waals surface area contributed by atoms with Crippen LogP contribution in [0.3, 0.4) is 0 Å². The number of alkyl halides is 2. The molecule has 1 aromatic carbocycles. The van der Waals surface area contributed by atoms with Crippen LogP contribution >= 0.6 is 0 Å². The Balaban J connectivity index is 3.05. The number of nitriles is 1. The summed E-state index contributed by atoms with van der Waals surface area (Å²) in [4.78, 5) is 11.6. The molecule has 0 bridgehead atoms. The molecule has 0 aromatic heterocycles. The number of halogens is 2. The molecule has 0 unspecified atom stereocenters. The van der Waals surface area contributed by atoms with Gasteiger partial charge in [0.2, 0.25) is 0 Å². The molecule has 0 saturated carbocycles. The Hall–Kier alpha value is -2.22. The Kier molecular flexibility index (Phi) is 5.68. The predicted molar refractivity (Wildman–Crippen MR) is 68.3 cm³/mol. The van der Waals surface area contributed by atoms with E-state index in [1.807, 2.05) is 6.92 Å². The summed E-state index contributed by atoms with van der Waals surface area (Å²) >= 11 is 0. The van der Waals surface area contributed by atoms with Gasteiger partial charge in [-0.05, 0) is 18.1 Å². The van der Waals surface area contributed by atoms with Gasteiger partial charge in [-0.3, -0.25) is 4.79 Å². The van der Waals surface area contributed by atoms with E-state index in [9.17, 15) is 13.6 Å². The summed E-state index contributed by atoms with van der Waals surface area (Å²) < 4.78 is 25.5. The molecule has 100 valence electrons. The topological polar surface area (TPSA) is 52.9 Å². The molecule has 1 amide bonds. The standard InChI is InChI=1S/C14H14F2N2O/c1-2-7-18-14(19)11(9-17)8-10-5-3-4-6-12(10)13(15)16/h3-6,8,13H,2,7H2,1H3,(H,18,19)/b11-8-. The normalized spacial score (nSPS) is 11.2. The van der Waals surface area contributed by atoms with E-state index in [-0.39, 0.29) is 16.7 Å². The molecule has 3 nitrogen and oxygen atoms in total. The lowest BCUT2D eigenvalue weighted by Crippen LogP contribution is -2.25. The second-order valence-electron chi connectivity index (χ2n) is 3.86. The quantitative estimate of drug-likeness (QED) is 0.656. The minimum Gasteiger partial charge on any atom is -0.351 e. The van der Waals surface area contributed by atoms with Crippen LogP contribution in [-0.4, -0.2) is 12.5 Å². The lowest BCUT2D eigenvalue weighted by Gasteiger charge is -2.06. The van der Waals surface area contributed by atoms with E-state index in [1.54, 1.807) is 12.1 Å². The highest BCUT2D eigenvalue weighted by atomic mass is 19.3. The van der Waals surface area contributed by atoms with E-state index in [0.717, 1.165) is 6.42 Å². The fourth-order valence-electron chi connectivity index (χ4n) is 1.48. The summed E-state index contributed by atoms with van der Waals surface area (Å²) in [6, 6.07) is 7.52. The zero-order valence-corrected chi connectivity index (χ0v) is 10.5. The van der Waals surface area contributed by atoms with E-state index in [2.05, 4.69) is 5.32 Å². The maximum absolute atomic E-state index is 12.8. The minimum atomic E-state index is -2.65. The molecule has 0 fully saturated rings. The number of carbonyl (C=O) groups is 1. The molecule has 0 atom stereocenters. The number of nitrogens with zero attached hydrogens (tertiary/aromatic N) is 1. The highest BCUT2D eigenvalue weighted by Gasteiger charge is 2.13. The summed E-state index contributed by atoms with van der Waals surface area (Å²) in [5, 5.41) is 11.5. The first kappa shape index (κ1) is 14.8. The maximum atomic E-state index is 12.8. The van der Waals surface area contributed by atoms with Gasteiger partial charge in [0.25, 0.3) is 12.3 Å². The average molecular weight is 264 g/mol.